The minimum atomic E-state index is -0.716. The van der Waals surface area contributed by atoms with Gasteiger partial charge in [-0.05, 0) is 19.1 Å². The van der Waals surface area contributed by atoms with E-state index in [2.05, 4.69) is 0 Å². The number of hydrogen-bond acceptors (Lipinski definition) is 3. The van der Waals surface area contributed by atoms with Crippen LogP contribution in [0.25, 0.3) is 0 Å². The lowest BCUT2D eigenvalue weighted by atomic mass is 10.1. The molecule has 0 aromatic heterocycles. The molecule has 0 radical (unpaired) electrons. The molecule has 1 rings (SSSR count). The lowest BCUT2D eigenvalue weighted by molar-refractivity contribution is 0.0997. The third kappa shape index (κ3) is 3.53. The van der Waals surface area contributed by atoms with Crippen molar-refractivity contribution >= 4 is 17.4 Å². The summed E-state index contributed by atoms with van der Waals surface area (Å²) in [6.45, 7) is 1.56. The van der Waals surface area contributed by atoms with Crippen molar-refractivity contribution in [3.8, 4) is 5.75 Å². The average molecular weight is 229 g/mol. The summed E-state index contributed by atoms with van der Waals surface area (Å²) in [4.78, 5) is 11.2. The molecule has 1 aromatic carbocycles. The van der Waals surface area contributed by atoms with Crippen LogP contribution < -0.4 is 4.74 Å². The van der Waals surface area contributed by atoms with Crippen LogP contribution in [0, 0.1) is 0 Å². The van der Waals surface area contributed by atoms with Gasteiger partial charge in [-0.25, -0.2) is 0 Å². The number of hydrogen-bond donors (Lipinski definition) is 1. The Balaban J connectivity index is 2.72. The number of halogens is 1. The van der Waals surface area contributed by atoms with Crippen LogP contribution in [0.3, 0.4) is 0 Å². The largest absolute Gasteiger partial charge is 0.490 e. The number of carbonyl (C=O) groups excluding carboxylic acids is 1. The van der Waals surface area contributed by atoms with Gasteiger partial charge in [-0.1, -0.05) is 12.1 Å². The molecule has 0 amide bonds. The quantitative estimate of drug-likeness (QED) is 0.618. The van der Waals surface area contributed by atoms with Gasteiger partial charge in [0.05, 0.1) is 11.4 Å². The molecule has 0 bridgehead atoms. The standard InChI is InChI=1S/C11H13ClO3/c1-8(13)10-4-2-3-5-11(10)15-7-9(14)6-12/h2-5,9,14H,6-7H2,1H3. The highest BCUT2D eigenvalue weighted by atomic mass is 35.5. The van der Waals surface area contributed by atoms with Gasteiger partial charge in [0, 0.05) is 0 Å². The smallest absolute Gasteiger partial charge is 0.163 e. The summed E-state index contributed by atoms with van der Waals surface area (Å²) in [7, 11) is 0. The van der Waals surface area contributed by atoms with Crippen LogP contribution in [0.2, 0.25) is 0 Å². The SMILES string of the molecule is CC(=O)c1ccccc1OCC(O)CCl. The molecule has 0 aliphatic carbocycles. The fourth-order valence-electron chi connectivity index (χ4n) is 1.11. The molecule has 0 spiro atoms. The number of rotatable bonds is 5. The fraction of sp³-hybridized carbons (Fsp3) is 0.364. The first-order valence-electron chi connectivity index (χ1n) is 4.62. The molecule has 4 heteroatoms. The Morgan fingerprint density at radius 3 is 2.80 bits per heavy atom. The number of ether oxygens (including phenoxy) is 1. The van der Waals surface area contributed by atoms with Gasteiger partial charge < -0.3 is 9.84 Å². The molecule has 82 valence electrons. The molecule has 0 aliphatic rings. The summed E-state index contributed by atoms with van der Waals surface area (Å²) in [6, 6.07) is 6.92. The minimum absolute atomic E-state index is 0.0639. The van der Waals surface area contributed by atoms with Gasteiger partial charge in [0.25, 0.3) is 0 Å². The van der Waals surface area contributed by atoms with E-state index >= 15 is 0 Å². The van der Waals surface area contributed by atoms with Crippen molar-refractivity contribution < 1.29 is 14.6 Å². The maximum Gasteiger partial charge on any atom is 0.163 e. The molecule has 1 aromatic rings. The van der Waals surface area contributed by atoms with Crippen molar-refractivity contribution in [2.45, 2.75) is 13.0 Å². The molecule has 15 heavy (non-hydrogen) atoms. The van der Waals surface area contributed by atoms with Crippen molar-refractivity contribution in [3.63, 3.8) is 0 Å². The van der Waals surface area contributed by atoms with E-state index in [1.807, 2.05) is 0 Å². The van der Waals surface area contributed by atoms with Gasteiger partial charge in [0.2, 0.25) is 0 Å². The van der Waals surface area contributed by atoms with E-state index in [9.17, 15) is 9.90 Å². The number of ketones is 1. The summed E-state index contributed by atoms with van der Waals surface area (Å²) >= 11 is 5.42. The monoisotopic (exact) mass is 228 g/mol. The van der Waals surface area contributed by atoms with E-state index in [4.69, 9.17) is 16.3 Å². The van der Waals surface area contributed by atoms with Crippen molar-refractivity contribution in [3.05, 3.63) is 29.8 Å². The van der Waals surface area contributed by atoms with Crippen LogP contribution in [0.5, 0.6) is 5.75 Å². The molecule has 0 saturated heterocycles. The Hall–Kier alpha value is -1.06. The second kappa shape index (κ2) is 5.73. The lowest BCUT2D eigenvalue weighted by Crippen LogP contribution is -2.19. The summed E-state index contributed by atoms with van der Waals surface area (Å²) in [5.41, 5.74) is 0.513. The second-order valence-electron chi connectivity index (χ2n) is 3.17. The highest BCUT2D eigenvalue weighted by Gasteiger charge is 2.09. The van der Waals surface area contributed by atoms with Crippen LogP contribution >= 0.6 is 11.6 Å². The topological polar surface area (TPSA) is 46.5 Å². The number of alkyl halides is 1. The van der Waals surface area contributed by atoms with Gasteiger partial charge in [-0.2, -0.15) is 0 Å². The molecule has 1 unspecified atom stereocenters. The number of carbonyl (C=O) groups is 1. The van der Waals surface area contributed by atoms with Crippen molar-refractivity contribution in [2.75, 3.05) is 12.5 Å². The van der Waals surface area contributed by atoms with Crippen molar-refractivity contribution in [2.24, 2.45) is 0 Å². The summed E-state index contributed by atoms with van der Waals surface area (Å²) in [6.07, 6.45) is -0.716. The molecule has 1 N–H and O–H groups in total. The van der Waals surface area contributed by atoms with Crippen LogP contribution in [0.1, 0.15) is 17.3 Å². The molecule has 0 saturated carbocycles. The third-order valence-electron chi connectivity index (χ3n) is 1.88. The third-order valence-corrected chi connectivity index (χ3v) is 2.23. The van der Waals surface area contributed by atoms with Gasteiger partial charge in [-0.3, -0.25) is 4.79 Å². The van der Waals surface area contributed by atoms with Crippen LogP contribution in [0.15, 0.2) is 24.3 Å². The Labute approximate surface area is 93.6 Å². The highest BCUT2D eigenvalue weighted by molar-refractivity contribution is 6.18. The fourth-order valence-corrected chi connectivity index (χ4v) is 1.20. The van der Waals surface area contributed by atoms with E-state index in [1.165, 1.54) is 6.92 Å². The summed E-state index contributed by atoms with van der Waals surface area (Å²) < 4.78 is 5.30. The highest BCUT2D eigenvalue weighted by Crippen LogP contribution is 2.18. The summed E-state index contributed by atoms with van der Waals surface area (Å²) in [5.74, 6) is 0.530. The Bertz CT molecular complexity index is 338. The molecular weight excluding hydrogens is 216 g/mol. The van der Waals surface area contributed by atoms with E-state index in [0.29, 0.717) is 11.3 Å². The first-order valence-corrected chi connectivity index (χ1v) is 5.15. The zero-order valence-electron chi connectivity index (χ0n) is 8.44. The first-order chi connectivity index (χ1) is 7.15. The van der Waals surface area contributed by atoms with E-state index in [-0.39, 0.29) is 18.3 Å². The Morgan fingerprint density at radius 1 is 1.53 bits per heavy atom. The zero-order valence-corrected chi connectivity index (χ0v) is 9.20. The second-order valence-corrected chi connectivity index (χ2v) is 3.48. The van der Waals surface area contributed by atoms with E-state index < -0.39 is 6.10 Å². The van der Waals surface area contributed by atoms with Gasteiger partial charge in [0.1, 0.15) is 18.5 Å². The Kier molecular flexibility index (Phi) is 4.59. The maximum atomic E-state index is 11.2. The molecule has 1 atom stereocenters. The average Bonchev–Trinajstić information content (AvgIpc) is 2.26. The number of Topliss-reactive ketones (excluding diaryl/α,β-unsaturated/α-hetero) is 1. The lowest BCUT2D eigenvalue weighted by Gasteiger charge is -2.11. The zero-order chi connectivity index (χ0) is 11.3. The molecule has 3 nitrogen and oxygen atoms in total. The summed E-state index contributed by atoms with van der Waals surface area (Å²) in [5, 5.41) is 9.21. The molecular formula is C11H13ClO3. The van der Waals surface area contributed by atoms with Crippen molar-refractivity contribution in [1.82, 2.24) is 0 Å². The van der Waals surface area contributed by atoms with Gasteiger partial charge >= 0.3 is 0 Å². The molecule has 0 heterocycles. The predicted octanol–water partition coefficient (Wildman–Crippen LogP) is 1.87. The molecule has 0 fully saturated rings. The number of benzene rings is 1. The maximum absolute atomic E-state index is 11.2. The predicted molar refractivity (Wildman–Crippen MR) is 58.7 cm³/mol. The van der Waals surface area contributed by atoms with Crippen molar-refractivity contribution in [1.29, 1.82) is 0 Å². The van der Waals surface area contributed by atoms with Gasteiger partial charge in [-0.15, -0.1) is 11.6 Å². The molecule has 0 aliphatic heterocycles. The van der Waals surface area contributed by atoms with Crippen LogP contribution in [-0.2, 0) is 0 Å². The van der Waals surface area contributed by atoms with E-state index in [1.54, 1.807) is 24.3 Å². The van der Waals surface area contributed by atoms with Crippen LogP contribution in [0.4, 0.5) is 0 Å². The Morgan fingerprint density at radius 2 is 2.20 bits per heavy atom. The number of para-hydroxylation sites is 1. The van der Waals surface area contributed by atoms with Gasteiger partial charge in [0.15, 0.2) is 5.78 Å². The normalized spacial score (nSPS) is 12.2. The number of aliphatic hydroxyl groups excluding tert-OH is 1. The van der Waals surface area contributed by atoms with E-state index in [0.717, 1.165) is 0 Å². The number of aliphatic hydroxyl groups is 1. The van der Waals surface area contributed by atoms with Crippen LogP contribution in [-0.4, -0.2) is 29.5 Å². The first kappa shape index (κ1) is 12.0. The minimum Gasteiger partial charge on any atom is -0.490 e.